The van der Waals surface area contributed by atoms with Crippen LogP contribution in [0, 0.1) is 0 Å². The summed E-state index contributed by atoms with van der Waals surface area (Å²) in [5, 5.41) is 6.00. The van der Waals surface area contributed by atoms with Crippen molar-refractivity contribution in [3.8, 4) is 11.5 Å². The Morgan fingerprint density at radius 3 is 2.58 bits per heavy atom. The van der Waals surface area contributed by atoms with Gasteiger partial charge in [0.15, 0.2) is 11.5 Å². The Morgan fingerprint density at radius 1 is 1.23 bits per heavy atom. The van der Waals surface area contributed by atoms with Gasteiger partial charge in [-0.15, -0.1) is 11.6 Å². The van der Waals surface area contributed by atoms with E-state index in [0.29, 0.717) is 17.9 Å². The van der Waals surface area contributed by atoms with Gasteiger partial charge in [-0.2, -0.15) is 5.10 Å². The van der Waals surface area contributed by atoms with Crippen LogP contribution in [-0.4, -0.2) is 36.7 Å². The summed E-state index contributed by atoms with van der Waals surface area (Å²) in [6.45, 7) is 0. The lowest BCUT2D eigenvalue weighted by molar-refractivity contribution is -0.130. The molecule has 0 unspecified atom stereocenters. The van der Waals surface area contributed by atoms with Gasteiger partial charge >= 0.3 is 0 Å². The van der Waals surface area contributed by atoms with Gasteiger partial charge in [0.05, 0.1) is 26.0 Å². The number of ether oxygens (including phenoxy) is 2. The van der Waals surface area contributed by atoms with Crippen LogP contribution >= 0.6 is 27.5 Å². The summed E-state index contributed by atoms with van der Waals surface area (Å²) >= 11 is 9.24. The number of nitrogens with zero attached hydrogens (tertiary/aromatic N) is 2. The van der Waals surface area contributed by atoms with E-state index < -0.39 is 0 Å². The molecule has 1 aliphatic heterocycles. The van der Waals surface area contributed by atoms with Crippen LogP contribution in [0.1, 0.15) is 23.6 Å². The van der Waals surface area contributed by atoms with E-state index in [-0.39, 0.29) is 17.8 Å². The van der Waals surface area contributed by atoms with Crippen molar-refractivity contribution in [3.63, 3.8) is 0 Å². The molecule has 0 spiro atoms. The van der Waals surface area contributed by atoms with Gasteiger partial charge in [0.2, 0.25) is 0 Å². The molecular weight excluding hydrogens is 420 g/mol. The average Bonchev–Trinajstić information content (AvgIpc) is 3.12. The van der Waals surface area contributed by atoms with Crippen LogP contribution in [-0.2, 0) is 4.79 Å². The highest BCUT2D eigenvalue weighted by Gasteiger charge is 2.35. The van der Waals surface area contributed by atoms with Crippen molar-refractivity contribution in [2.24, 2.45) is 5.10 Å². The molecule has 26 heavy (non-hydrogen) atoms. The van der Waals surface area contributed by atoms with Crippen LogP contribution in [0.15, 0.2) is 52.0 Å². The molecule has 7 heteroatoms. The van der Waals surface area contributed by atoms with Gasteiger partial charge in [0.1, 0.15) is 5.88 Å². The van der Waals surface area contributed by atoms with Crippen LogP contribution in [0.2, 0.25) is 0 Å². The van der Waals surface area contributed by atoms with E-state index in [1.807, 2.05) is 42.5 Å². The summed E-state index contributed by atoms with van der Waals surface area (Å²) in [6.07, 6.45) is 0.563. The smallest absolute Gasteiger partial charge is 0.258 e. The molecule has 0 bridgehead atoms. The largest absolute Gasteiger partial charge is 0.493 e. The number of para-hydroxylation sites is 1. The lowest BCUT2D eigenvalue weighted by atomic mass is 9.97. The molecule has 1 amide bonds. The van der Waals surface area contributed by atoms with Gasteiger partial charge in [-0.25, -0.2) is 5.01 Å². The van der Waals surface area contributed by atoms with Crippen molar-refractivity contribution in [1.29, 1.82) is 0 Å². The normalized spacial score (nSPS) is 16.4. The number of alkyl halides is 1. The topological polar surface area (TPSA) is 51.1 Å². The van der Waals surface area contributed by atoms with Gasteiger partial charge in [-0.3, -0.25) is 4.79 Å². The molecule has 1 atom stereocenters. The molecule has 5 nitrogen and oxygen atoms in total. The van der Waals surface area contributed by atoms with Crippen molar-refractivity contribution in [1.82, 2.24) is 5.01 Å². The molecule has 0 N–H and O–H groups in total. The first-order valence-corrected chi connectivity index (χ1v) is 9.34. The summed E-state index contributed by atoms with van der Waals surface area (Å²) in [6, 6.07) is 13.1. The summed E-state index contributed by atoms with van der Waals surface area (Å²) in [7, 11) is 3.17. The maximum absolute atomic E-state index is 12.4. The second-order valence-electron chi connectivity index (χ2n) is 5.73. The second-order valence-corrected chi connectivity index (χ2v) is 6.91. The molecule has 0 saturated carbocycles. The van der Waals surface area contributed by atoms with Crippen LogP contribution < -0.4 is 9.47 Å². The number of benzene rings is 2. The Bertz CT molecular complexity index is 839. The van der Waals surface area contributed by atoms with E-state index in [1.165, 1.54) is 5.01 Å². The quantitative estimate of drug-likeness (QED) is 0.652. The van der Waals surface area contributed by atoms with E-state index >= 15 is 0 Å². The number of methoxy groups -OCH3 is 2. The maximum Gasteiger partial charge on any atom is 0.258 e. The Kier molecular flexibility index (Phi) is 5.84. The minimum atomic E-state index is -0.301. The Hall–Kier alpha value is -2.05. The third-order valence-corrected chi connectivity index (χ3v) is 5.01. The van der Waals surface area contributed by atoms with Crippen molar-refractivity contribution >= 4 is 39.1 Å². The first-order chi connectivity index (χ1) is 12.6. The van der Waals surface area contributed by atoms with Gasteiger partial charge in [0, 0.05) is 16.5 Å². The molecule has 1 aliphatic rings. The third-order valence-electron chi connectivity index (χ3n) is 4.25. The van der Waals surface area contributed by atoms with Crippen LogP contribution in [0.25, 0.3) is 0 Å². The summed E-state index contributed by atoms with van der Waals surface area (Å²) in [4.78, 5) is 12.4. The molecule has 0 aliphatic carbocycles. The number of halogens is 2. The molecule has 2 aromatic rings. The molecule has 1 heterocycles. The van der Waals surface area contributed by atoms with Crippen LogP contribution in [0.4, 0.5) is 0 Å². The van der Waals surface area contributed by atoms with Gasteiger partial charge in [-0.05, 0) is 23.8 Å². The third kappa shape index (κ3) is 3.57. The van der Waals surface area contributed by atoms with Crippen LogP contribution in [0.3, 0.4) is 0 Å². The minimum Gasteiger partial charge on any atom is -0.493 e. The molecule has 0 radical (unpaired) electrons. The van der Waals surface area contributed by atoms with E-state index in [0.717, 1.165) is 21.3 Å². The Morgan fingerprint density at radius 2 is 1.96 bits per heavy atom. The molecule has 136 valence electrons. The predicted molar refractivity (Wildman–Crippen MR) is 105 cm³/mol. The standard InChI is InChI=1S/C19H18BrClN2O3/c1-25-17-5-3-4-14(19(17)26-2)16-10-15(22-23(16)18(24)11-21)12-6-8-13(20)9-7-12/h3-9,16H,10-11H2,1-2H3/t16-/m0/s1. The fourth-order valence-corrected chi connectivity index (χ4v) is 3.42. The number of carbonyl (C=O) groups excluding carboxylic acids is 1. The summed E-state index contributed by atoms with van der Waals surface area (Å²) in [5.41, 5.74) is 2.62. The number of hydrogen-bond acceptors (Lipinski definition) is 4. The van der Waals surface area contributed by atoms with Crippen molar-refractivity contribution < 1.29 is 14.3 Å². The zero-order valence-corrected chi connectivity index (χ0v) is 16.8. The first kappa shape index (κ1) is 18.7. The molecule has 0 saturated heterocycles. The Balaban J connectivity index is 2.02. The fraction of sp³-hybridized carbons (Fsp3) is 0.263. The van der Waals surface area contributed by atoms with Crippen molar-refractivity contribution in [2.45, 2.75) is 12.5 Å². The molecule has 0 aromatic heterocycles. The van der Waals surface area contributed by atoms with Gasteiger partial charge in [-0.1, -0.05) is 40.2 Å². The molecule has 2 aromatic carbocycles. The lowest BCUT2D eigenvalue weighted by Gasteiger charge is -2.23. The number of carbonyl (C=O) groups is 1. The number of rotatable bonds is 5. The minimum absolute atomic E-state index is 0.139. The van der Waals surface area contributed by atoms with Crippen molar-refractivity contribution in [2.75, 3.05) is 20.1 Å². The van der Waals surface area contributed by atoms with Gasteiger partial charge < -0.3 is 9.47 Å². The molecule has 0 fully saturated rings. The number of amides is 1. The zero-order valence-electron chi connectivity index (χ0n) is 14.4. The number of hydrogen-bond donors (Lipinski definition) is 0. The zero-order chi connectivity index (χ0) is 18.7. The highest BCUT2D eigenvalue weighted by atomic mass is 79.9. The highest BCUT2D eigenvalue weighted by Crippen LogP contribution is 2.41. The summed E-state index contributed by atoms with van der Waals surface area (Å²) in [5.74, 6) is 0.813. The van der Waals surface area contributed by atoms with E-state index in [1.54, 1.807) is 14.2 Å². The molecular formula is C19H18BrClN2O3. The summed E-state index contributed by atoms with van der Waals surface area (Å²) < 4.78 is 11.9. The van der Waals surface area contributed by atoms with Crippen LogP contribution in [0.5, 0.6) is 11.5 Å². The highest BCUT2D eigenvalue weighted by molar-refractivity contribution is 9.10. The molecule has 3 rings (SSSR count). The fourth-order valence-electron chi connectivity index (χ4n) is 3.03. The Labute approximate surface area is 165 Å². The SMILES string of the molecule is COc1cccc([C@@H]2CC(c3ccc(Br)cc3)=NN2C(=O)CCl)c1OC. The number of hydrazone groups is 1. The first-order valence-electron chi connectivity index (χ1n) is 8.01. The monoisotopic (exact) mass is 436 g/mol. The van der Waals surface area contributed by atoms with Gasteiger partial charge in [0.25, 0.3) is 5.91 Å². The predicted octanol–water partition coefficient (Wildman–Crippen LogP) is 4.38. The van der Waals surface area contributed by atoms with E-state index in [4.69, 9.17) is 21.1 Å². The van der Waals surface area contributed by atoms with Crippen molar-refractivity contribution in [3.05, 3.63) is 58.1 Å². The average molecular weight is 438 g/mol. The van der Waals surface area contributed by atoms with E-state index in [9.17, 15) is 4.79 Å². The van der Waals surface area contributed by atoms with E-state index in [2.05, 4.69) is 21.0 Å². The second kappa shape index (κ2) is 8.10. The maximum atomic E-state index is 12.4. The lowest BCUT2D eigenvalue weighted by Crippen LogP contribution is -2.28.